The van der Waals surface area contributed by atoms with Crippen molar-refractivity contribution in [1.82, 2.24) is 9.88 Å². The molecule has 2 aromatic carbocycles. The van der Waals surface area contributed by atoms with Crippen LogP contribution in [0.25, 0.3) is 10.8 Å². The van der Waals surface area contributed by atoms with Gasteiger partial charge in [-0.25, -0.2) is 0 Å². The Bertz CT molecular complexity index is 939. The van der Waals surface area contributed by atoms with Gasteiger partial charge in [0.05, 0.1) is 17.8 Å². The lowest BCUT2D eigenvalue weighted by Crippen LogP contribution is -2.14. The smallest absolute Gasteiger partial charge is 0.309 e. The molecule has 0 bridgehead atoms. The van der Waals surface area contributed by atoms with Gasteiger partial charge in [0.2, 0.25) is 0 Å². The summed E-state index contributed by atoms with van der Waals surface area (Å²) < 4.78 is 5.86. The number of ether oxygens (including phenoxy) is 1. The van der Waals surface area contributed by atoms with Crippen LogP contribution in [0.15, 0.2) is 48.5 Å². The van der Waals surface area contributed by atoms with Crippen LogP contribution < -0.4 is 4.74 Å². The normalized spacial score (nSPS) is 11.0. The van der Waals surface area contributed by atoms with E-state index in [1.165, 1.54) is 0 Å². The zero-order chi connectivity index (χ0) is 18.7. The van der Waals surface area contributed by atoms with Crippen molar-refractivity contribution in [3.63, 3.8) is 0 Å². The third-order valence-electron chi connectivity index (χ3n) is 3.86. The maximum absolute atomic E-state index is 11.1. The number of hydrogen-bond acceptors (Lipinski definition) is 5. The molecule has 0 amide bonds. The molecular formula is C20H20N2O4. The lowest BCUT2D eigenvalue weighted by Gasteiger charge is -2.16. The van der Waals surface area contributed by atoms with E-state index in [1.807, 2.05) is 55.4 Å². The molecule has 0 aliphatic heterocycles. The Morgan fingerprint density at radius 1 is 1.04 bits per heavy atom. The van der Waals surface area contributed by atoms with E-state index in [0.29, 0.717) is 29.1 Å². The van der Waals surface area contributed by atoms with E-state index in [2.05, 4.69) is 4.98 Å². The molecule has 1 heterocycles. The van der Waals surface area contributed by atoms with Gasteiger partial charge in [-0.05, 0) is 44.4 Å². The summed E-state index contributed by atoms with van der Waals surface area (Å²) >= 11 is 0. The summed E-state index contributed by atoms with van der Waals surface area (Å²) in [6.07, 6.45) is -0.329. The Morgan fingerprint density at radius 3 is 2.42 bits per heavy atom. The predicted octanol–water partition coefficient (Wildman–Crippen LogP) is 3.42. The number of nitrogens with zero attached hydrogens (tertiary/aromatic N) is 2. The van der Waals surface area contributed by atoms with Crippen LogP contribution in [0.4, 0.5) is 0 Å². The molecule has 1 aromatic heterocycles. The number of aliphatic carboxylic acids is 1. The van der Waals surface area contributed by atoms with Gasteiger partial charge in [-0.1, -0.05) is 18.2 Å². The van der Waals surface area contributed by atoms with Crippen LogP contribution in [0.1, 0.15) is 11.4 Å². The fraction of sp³-hybridized carbons (Fsp3) is 0.200. The van der Waals surface area contributed by atoms with Crippen LogP contribution >= 0.6 is 0 Å². The van der Waals surface area contributed by atoms with Gasteiger partial charge in [-0.3, -0.25) is 9.78 Å². The Balaban J connectivity index is 2.09. The number of benzene rings is 2. The van der Waals surface area contributed by atoms with Crippen molar-refractivity contribution in [2.24, 2.45) is 0 Å². The number of hydrogen-bond donors (Lipinski definition) is 2. The molecule has 26 heavy (non-hydrogen) atoms. The third-order valence-corrected chi connectivity index (χ3v) is 3.86. The summed E-state index contributed by atoms with van der Waals surface area (Å²) in [5, 5.41) is 20.8. The van der Waals surface area contributed by atoms with Gasteiger partial charge in [-0.15, -0.1) is 0 Å². The van der Waals surface area contributed by atoms with Crippen LogP contribution in [0.2, 0.25) is 0 Å². The number of rotatable bonds is 6. The standard InChI is InChI=1S/C20H20N2O4/c1-22(2)12-18-16-10-14(26-13-6-4-3-5-7-13)8-9-15(16)20(25)17(21-18)11-19(23)24/h3-10,25H,11-12H2,1-2H3,(H,23,24). The maximum atomic E-state index is 11.1. The van der Waals surface area contributed by atoms with Crippen molar-refractivity contribution in [2.75, 3.05) is 14.1 Å². The molecule has 2 N–H and O–H groups in total. The van der Waals surface area contributed by atoms with Crippen LogP contribution in [0.3, 0.4) is 0 Å². The minimum absolute atomic E-state index is 0.101. The number of carboxylic acid groups (broad SMARTS) is 1. The molecule has 134 valence electrons. The summed E-state index contributed by atoms with van der Waals surface area (Å²) in [4.78, 5) is 17.4. The molecule has 0 saturated carbocycles. The van der Waals surface area contributed by atoms with Crippen molar-refractivity contribution >= 4 is 16.7 Å². The molecule has 0 unspecified atom stereocenters. The molecule has 3 rings (SSSR count). The maximum Gasteiger partial charge on any atom is 0.309 e. The van der Waals surface area contributed by atoms with E-state index in [1.54, 1.807) is 12.1 Å². The van der Waals surface area contributed by atoms with E-state index in [9.17, 15) is 9.90 Å². The topological polar surface area (TPSA) is 82.9 Å². The minimum atomic E-state index is -1.04. The highest BCUT2D eigenvalue weighted by Gasteiger charge is 2.17. The van der Waals surface area contributed by atoms with Crippen LogP contribution in [0.5, 0.6) is 17.2 Å². The zero-order valence-corrected chi connectivity index (χ0v) is 14.6. The Hall–Kier alpha value is -3.12. The van der Waals surface area contributed by atoms with E-state index in [4.69, 9.17) is 9.84 Å². The first kappa shape index (κ1) is 17.7. The molecule has 0 fully saturated rings. The Labute approximate surface area is 151 Å². The fourth-order valence-corrected chi connectivity index (χ4v) is 2.77. The molecule has 6 heteroatoms. The summed E-state index contributed by atoms with van der Waals surface area (Å²) in [5.74, 6) is 0.194. The van der Waals surface area contributed by atoms with Gasteiger partial charge >= 0.3 is 5.97 Å². The van der Waals surface area contributed by atoms with Gasteiger partial charge in [-0.2, -0.15) is 0 Å². The van der Waals surface area contributed by atoms with Gasteiger partial charge in [0.25, 0.3) is 0 Å². The summed E-state index contributed by atoms with van der Waals surface area (Å²) in [5.41, 5.74) is 0.858. The summed E-state index contributed by atoms with van der Waals surface area (Å²) in [7, 11) is 3.81. The van der Waals surface area contributed by atoms with E-state index in [0.717, 1.165) is 5.39 Å². The number of carbonyl (C=O) groups is 1. The second kappa shape index (κ2) is 7.41. The molecule has 0 atom stereocenters. The molecule has 0 spiro atoms. The molecule has 6 nitrogen and oxygen atoms in total. The van der Waals surface area contributed by atoms with Crippen LogP contribution in [0, 0.1) is 0 Å². The summed E-state index contributed by atoms with van der Waals surface area (Å²) in [6.45, 7) is 0.512. The number of para-hydroxylation sites is 1. The highest BCUT2D eigenvalue weighted by molar-refractivity contribution is 5.92. The second-order valence-electron chi connectivity index (χ2n) is 6.28. The number of fused-ring (bicyclic) bond motifs is 1. The number of aromatic nitrogens is 1. The van der Waals surface area contributed by atoms with Gasteiger partial charge in [0.15, 0.2) is 0 Å². The largest absolute Gasteiger partial charge is 0.505 e. The second-order valence-corrected chi connectivity index (χ2v) is 6.28. The molecule has 0 aliphatic carbocycles. The highest BCUT2D eigenvalue weighted by Crippen LogP contribution is 2.34. The molecule has 0 saturated heterocycles. The molecule has 0 aliphatic rings. The van der Waals surface area contributed by atoms with Crippen LogP contribution in [-0.4, -0.2) is 40.2 Å². The average Bonchev–Trinajstić information content (AvgIpc) is 2.59. The third kappa shape index (κ3) is 3.92. The van der Waals surface area contributed by atoms with E-state index < -0.39 is 5.97 Å². The predicted molar refractivity (Wildman–Crippen MR) is 98.7 cm³/mol. The lowest BCUT2D eigenvalue weighted by molar-refractivity contribution is -0.136. The van der Waals surface area contributed by atoms with Crippen molar-refractivity contribution in [2.45, 2.75) is 13.0 Å². The first-order valence-electron chi connectivity index (χ1n) is 8.18. The quantitative estimate of drug-likeness (QED) is 0.707. The van der Waals surface area contributed by atoms with Crippen LogP contribution in [-0.2, 0) is 17.8 Å². The molecule has 3 aromatic rings. The fourth-order valence-electron chi connectivity index (χ4n) is 2.77. The lowest BCUT2D eigenvalue weighted by atomic mass is 10.0. The SMILES string of the molecule is CN(C)Cc1nc(CC(=O)O)c(O)c2ccc(Oc3ccccc3)cc12. The van der Waals surface area contributed by atoms with Gasteiger partial charge in [0, 0.05) is 17.3 Å². The number of carboxylic acids is 1. The van der Waals surface area contributed by atoms with Gasteiger partial charge in [0.1, 0.15) is 17.2 Å². The molecule has 0 radical (unpaired) electrons. The van der Waals surface area contributed by atoms with Crippen molar-refractivity contribution in [3.8, 4) is 17.2 Å². The average molecular weight is 352 g/mol. The number of aromatic hydroxyl groups is 1. The molecular weight excluding hydrogens is 332 g/mol. The number of pyridine rings is 1. The van der Waals surface area contributed by atoms with E-state index >= 15 is 0 Å². The van der Waals surface area contributed by atoms with E-state index in [-0.39, 0.29) is 17.9 Å². The van der Waals surface area contributed by atoms with Crippen molar-refractivity contribution < 1.29 is 19.7 Å². The van der Waals surface area contributed by atoms with Gasteiger partial charge < -0.3 is 19.8 Å². The van der Waals surface area contributed by atoms with Crippen molar-refractivity contribution in [3.05, 3.63) is 59.9 Å². The highest BCUT2D eigenvalue weighted by atomic mass is 16.5. The minimum Gasteiger partial charge on any atom is -0.505 e. The Morgan fingerprint density at radius 2 is 1.77 bits per heavy atom. The zero-order valence-electron chi connectivity index (χ0n) is 14.6. The van der Waals surface area contributed by atoms with Crippen molar-refractivity contribution in [1.29, 1.82) is 0 Å². The monoisotopic (exact) mass is 352 g/mol. The first-order valence-corrected chi connectivity index (χ1v) is 8.18. The first-order chi connectivity index (χ1) is 12.4. The summed E-state index contributed by atoms with van der Waals surface area (Å²) in [6, 6.07) is 14.7. The Kier molecular flexibility index (Phi) is 5.04.